The SMILES string of the molecule is C/C=C/c1cc(OC)c2c(c1)[C@@H](C)[C@H](Oc1ccccc1OC)O2. The van der Waals surface area contributed by atoms with Crippen molar-refractivity contribution in [1.29, 1.82) is 0 Å². The van der Waals surface area contributed by atoms with E-state index in [1.54, 1.807) is 14.2 Å². The lowest BCUT2D eigenvalue weighted by atomic mass is 9.99. The highest BCUT2D eigenvalue weighted by Gasteiger charge is 2.35. The Balaban J connectivity index is 1.91. The third kappa shape index (κ3) is 2.92. The molecule has 0 aliphatic carbocycles. The molecule has 0 saturated carbocycles. The minimum absolute atomic E-state index is 0.0732. The summed E-state index contributed by atoms with van der Waals surface area (Å²) in [4.78, 5) is 0. The van der Waals surface area contributed by atoms with Gasteiger partial charge in [-0.25, -0.2) is 0 Å². The molecule has 0 saturated heterocycles. The molecule has 1 aliphatic heterocycles. The van der Waals surface area contributed by atoms with E-state index >= 15 is 0 Å². The van der Waals surface area contributed by atoms with Gasteiger partial charge in [0.15, 0.2) is 23.0 Å². The Hall–Kier alpha value is -2.62. The number of benzene rings is 2. The van der Waals surface area contributed by atoms with Gasteiger partial charge in [0.25, 0.3) is 0 Å². The third-order valence-electron chi connectivity index (χ3n) is 4.13. The first-order valence-corrected chi connectivity index (χ1v) is 7.99. The minimum atomic E-state index is -0.425. The maximum atomic E-state index is 6.07. The fraction of sp³-hybridized carbons (Fsp3) is 0.300. The molecule has 2 aromatic carbocycles. The number of fused-ring (bicyclic) bond motifs is 1. The van der Waals surface area contributed by atoms with Gasteiger partial charge in [-0.15, -0.1) is 0 Å². The molecule has 2 aromatic rings. The summed E-state index contributed by atoms with van der Waals surface area (Å²) in [6, 6.07) is 11.7. The van der Waals surface area contributed by atoms with E-state index in [0.29, 0.717) is 11.5 Å². The van der Waals surface area contributed by atoms with Crippen LogP contribution in [0.3, 0.4) is 0 Å². The minimum Gasteiger partial charge on any atom is -0.493 e. The number of methoxy groups -OCH3 is 2. The van der Waals surface area contributed by atoms with Crippen LogP contribution in [0.5, 0.6) is 23.0 Å². The van der Waals surface area contributed by atoms with E-state index < -0.39 is 6.29 Å². The van der Waals surface area contributed by atoms with E-state index in [4.69, 9.17) is 18.9 Å². The summed E-state index contributed by atoms with van der Waals surface area (Å²) in [5.74, 6) is 2.89. The Bertz CT molecular complexity index is 751. The van der Waals surface area contributed by atoms with E-state index in [1.165, 1.54) is 0 Å². The molecular weight excluding hydrogens is 304 g/mol. The predicted molar refractivity (Wildman–Crippen MR) is 94.2 cm³/mol. The molecule has 0 unspecified atom stereocenters. The zero-order chi connectivity index (χ0) is 17.1. The lowest BCUT2D eigenvalue weighted by Crippen LogP contribution is -2.24. The van der Waals surface area contributed by atoms with Crippen molar-refractivity contribution in [2.24, 2.45) is 0 Å². The molecule has 0 N–H and O–H groups in total. The molecule has 0 amide bonds. The average molecular weight is 326 g/mol. The molecule has 0 fully saturated rings. The fourth-order valence-corrected chi connectivity index (χ4v) is 2.88. The summed E-state index contributed by atoms with van der Waals surface area (Å²) in [5, 5.41) is 0. The van der Waals surface area contributed by atoms with Crippen LogP contribution in [0.4, 0.5) is 0 Å². The second-order valence-corrected chi connectivity index (χ2v) is 5.69. The number of para-hydroxylation sites is 2. The maximum Gasteiger partial charge on any atom is 0.248 e. The first kappa shape index (κ1) is 16.2. The fourth-order valence-electron chi connectivity index (χ4n) is 2.88. The van der Waals surface area contributed by atoms with Gasteiger partial charge >= 0.3 is 0 Å². The van der Waals surface area contributed by atoms with E-state index in [1.807, 2.05) is 49.4 Å². The highest BCUT2D eigenvalue weighted by Crippen LogP contribution is 2.46. The van der Waals surface area contributed by atoms with Crippen molar-refractivity contribution >= 4 is 6.08 Å². The van der Waals surface area contributed by atoms with Gasteiger partial charge in [0.05, 0.1) is 20.1 Å². The maximum absolute atomic E-state index is 6.07. The van der Waals surface area contributed by atoms with Crippen LogP contribution in [0.1, 0.15) is 30.9 Å². The van der Waals surface area contributed by atoms with Crippen molar-refractivity contribution < 1.29 is 18.9 Å². The average Bonchev–Trinajstić information content (AvgIpc) is 2.91. The van der Waals surface area contributed by atoms with Gasteiger partial charge < -0.3 is 18.9 Å². The third-order valence-corrected chi connectivity index (χ3v) is 4.13. The van der Waals surface area contributed by atoms with Crippen molar-refractivity contribution in [2.75, 3.05) is 14.2 Å². The van der Waals surface area contributed by atoms with E-state index in [2.05, 4.69) is 13.0 Å². The highest BCUT2D eigenvalue weighted by molar-refractivity contribution is 5.61. The second kappa shape index (κ2) is 6.87. The molecule has 0 spiro atoms. The zero-order valence-corrected chi connectivity index (χ0v) is 14.4. The molecule has 0 aromatic heterocycles. The van der Waals surface area contributed by atoms with Crippen LogP contribution in [0.2, 0.25) is 0 Å². The quantitative estimate of drug-likeness (QED) is 0.802. The van der Waals surface area contributed by atoms with Gasteiger partial charge in [0.1, 0.15) is 0 Å². The lowest BCUT2D eigenvalue weighted by molar-refractivity contribution is 0.00555. The van der Waals surface area contributed by atoms with E-state index in [0.717, 1.165) is 22.6 Å². The van der Waals surface area contributed by atoms with Crippen LogP contribution in [-0.2, 0) is 0 Å². The van der Waals surface area contributed by atoms with Crippen molar-refractivity contribution in [1.82, 2.24) is 0 Å². The van der Waals surface area contributed by atoms with Crippen LogP contribution in [0.25, 0.3) is 6.08 Å². The molecule has 24 heavy (non-hydrogen) atoms. The number of rotatable bonds is 5. The Kier molecular flexibility index (Phi) is 4.65. The molecule has 4 heteroatoms. The number of ether oxygens (including phenoxy) is 4. The second-order valence-electron chi connectivity index (χ2n) is 5.69. The van der Waals surface area contributed by atoms with Crippen LogP contribution in [-0.4, -0.2) is 20.5 Å². The van der Waals surface area contributed by atoms with Gasteiger partial charge in [-0.3, -0.25) is 0 Å². The van der Waals surface area contributed by atoms with Gasteiger partial charge in [-0.05, 0) is 36.8 Å². The molecule has 1 heterocycles. The largest absolute Gasteiger partial charge is 0.493 e. The normalized spacial score (nSPS) is 19.0. The Labute approximate surface area is 142 Å². The van der Waals surface area contributed by atoms with E-state index in [-0.39, 0.29) is 5.92 Å². The van der Waals surface area contributed by atoms with Crippen molar-refractivity contribution in [2.45, 2.75) is 26.1 Å². The molecule has 2 atom stereocenters. The zero-order valence-electron chi connectivity index (χ0n) is 14.4. The smallest absolute Gasteiger partial charge is 0.248 e. The van der Waals surface area contributed by atoms with Crippen LogP contribution in [0.15, 0.2) is 42.5 Å². The summed E-state index contributed by atoms with van der Waals surface area (Å²) in [6.45, 7) is 4.08. The van der Waals surface area contributed by atoms with Crippen molar-refractivity contribution in [3.63, 3.8) is 0 Å². The summed E-state index contributed by atoms with van der Waals surface area (Å²) in [7, 11) is 3.28. The Morgan fingerprint density at radius 3 is 2.38 bits per heavy atom. The first-order valence-electron chi connectivity index (χ1n) is 7.99. The van der Waals surface area contributed by atoms with Crippen LogP contribution in [0, 0.1) is 0 Å². The van der Waals surface area contributed by atoms with Gasteiger partial charge in [0, 0.05) is 5.56 Å². The Morgan fingerprint density at radius 1 is 1.00 bits per heavy atom. The van der Waals surface area contributed by atoms with E-state index in [9.17, 15) is 0 Å². The molecule has 126 valence electrons. The summed E-state index contributed by atoms with van der Waals surface area (Å²) >= 11 is 0. The highest BCUT2D eigenvalue weighted by atomic mass is 16.7. The van der Waals surface area contributed by atoms with Gasteiger partial charge in [-0.2, -0.15) is 0 Å². The standard InChI is InChI=1S/C20H22O4/c1-5-8-14-11-15-13(2)20(24-19(15)18(12-14)22-4)23-17-10-7-6-9-16(17)21-3/h5-13,20H,1-4H3/b8-5+/t13-,20-/m1/s1. The molecule has 0 bridgehead atoms. The topological polar surface area (TPSA) is 36.9 Å². The first-order chi connectivity index (χ1) is 11.7. The van der Waals surface area contributed by atoms with Crippen molar-refractivity contribution in [3.05, 3.63) is 53.6 Å². The van der Waals surface area contributed by atoms with Crippen molar-refractivity contribution in [3.8, 4) is 23.0 Å². The molecule has 4 nitrogen and oxygen atoms in total. The number of allylic oxidation sites excluding steroid dienone is 1. The number of hydrogen-bond acceptors (Lipinski definition) is 4. The lowest BCUT2D eigenvalue weighted by Gasteiger charge is -2.19. The Morgan fingerprint density at radius 2 is 1.71 bits per heavy atom. The summed E-state index contributed by atoms with van der Waals surface area (Å²) < 4.78 is 23.0. The molecule has 1 aliphatic rings. The molecular formula is C20H22O4. The molecule has 3 rings (SSSR count). The summed E-state index contributed by atoms with van der Waals surface area (Å²) in [5.41, 5.74) is 2.17. The molecule has 0 radical (unpaired) electrons. The predicted octanol–water partition coefficient (Wildman–Crippen LogP) is 4.64. The number of hydrogen-bond donors (Lipinski definition) is 0. The summed E-state index contributed by atoms with van der Waals surface area (Å²) in [6.07, 6.45) is 3.63. The monoisotopic (exact) mass is 326 g/mol. The van der Waals surface area contributed by atoms with Gasteiger partial charge in [-0.1, -0.05) is 31.2 Å². The van der Waals surface area contributed by atoms with Crippen LogP contribution < -0.4 is 18.9 Å². The van der Waals surface area contributed by atoms with Crippen LogP contribution >= 0.6 is 0 Å². The van der Waals surface area contributed by atoms with Gasteiger partial charge in [0.2, 0.25) is 6.29 Å².